The average Bonchev–Trinajstić information content (AvgIpc) is 2.97. The smallest absolute Gasteiger partial charge is 0.154 e. The van der Waals surface area contributed by atoms with Crippen LogP contribution in [0.25, 0.3) is 0 Å². The number of benzene rings is 3. The summed E-state index contributed by atoms with van der Waals surface area (Å²) >= 11 is 0. The topological polar surface area (TPSA) is 55.8 Å². The molecule has 3 aromatic carbocycles. The first kappa shape index (κ1) is 34.6. The van der Waals surface area contributed by atoms with E-state index in [0.29, 0.717) is 19.5 Å². The van der Waals surface area contributed by atoms with Crippen LogP contribution in [0.4, 0.5) is 0 Å². The summed E-state index contributed by atoms with van der Waals surface area (Å²) in [5, 5.41) is 0. The predicted octanol–water partition coefficient (Wildman–Crippen LogP) is 7.45. The lowest BCUT2D eigenvalue weighted by Gasteiger charge is -2.31. The fourth-order valence-corrected chi connectivity index (χ4v) is 4.08. The maximum absolute atomic E-state index is 13.1. The van der Waals surface area contributed by atoms with Gasteiger partial charge in [-0.2, -0.15) is 0 Å². The van der Waals surface area contributed by atoms with Gasteiger partial charge in [0.2, 0.25) is 0 Å². The van der Waals surface area contributed by atoms with Crippen molar-refractivity contribution in [3.8, 4) is 0 Å². The summed E-state index contributed by atoms with van der Waals surface area (Å²) in [4.78, 5) is 26.2. The minimum absolute atomic E-state index is 0.0370. The highest BCUT2D eigenvalue weighted by atomic mass is 16.7. The van der Waals surface area contributed by atoms with E-state index in [0.717, 1.165) is 25.1 Å². The van der Waals surface area contributed by atoms with Crippen LogP contribution in [0, 0.1) is 0 Å². The van der Waals surface area contributed by atoms with Gasteiger partial charge in [-0.25, -0.2) is 0 Å². The number of hydrogen-bond donors (Lipinski definition) is 0. The van der Waals surface area contributed by atoms with Crippen molar-refractivity contribution in [3.05, 3.63) is 120 Å². The summed E-state index contributed by atoms with van der Waals surface area (Å²) in [6.45, 7) is 13.9. The van der Waals surface area contributed by atoms with Crippen molar-refractivity contribution in [2.24, 2.45) is 0 Å². The van der Waals surface area contributed by atoms with Gasteiger partial charge < -0.3 is 14.3 Å². The zero-order valence-electron chi connectivity index (χ0n) is 24.7. The largest absolute Gasteiger partial charge is 0.353 e. The van der Waals surface area contributed by atoms with E-state index in [4.69, 9.17) is 9.47 Å². The van der Waals surface area contributed by atoms with Gasteiger partial charge in [0.25, 0.3) is 0 Å². The van der Waals surface area contributed by atoms with Crippen LogP contribution in [0.5, 0.6) is 0 Å². The molecule has 5 nitrogen and oxygen atoms in total. The molecular formula is C35H47NO4. The maximum Gasteiger partial charge on any atom is 0.154 e. The lowest BCUT2D eigenvalue weighted by Crippen LogP contribution is -2.42. The Balaban J connectivity index is 0.000000618. The summed E-state index contributed by atoms with van der Waals surface area (Å²) in [6.07, 6.45) is 3.73. The van der Waals surface area contributed by atoms with Crippen molar-refractivity contribution in [2.45, 2.75) is 72.4 Å². The van der Waals surface area contributed by atoms with Gasteiger partial charge in [-0.05, 0) is 50.8 Å². The predicted molar refractivity (Wildman–Crippen MR) is 165 cm³/mol. The second-order valence-corrected chi connectivity index (χ2v) is 9.14. The van der Waals surface area contributed by atoms with Crippen molar-refractivity contribution in [1.82, 2.24) is 4.90 Å². The quantitative estimate of drug-likeness (QED) is 0.113. The van der Waals surface area contributed by atoms with Crippen LogP contribution in [-0.2, 0) is 38.6 Å². The molecule has 0 fully saturated rings. The van der Waals surface area contributed by atoms with E-state index in [1.165, 1.54) is 11.1 Å². The van der Waals surface area contributed by atoms with Crippen LogP contribution in [0.15, 0.2) is 104 Å². The Morgan fingerprint density at radius 1 is 0.800 bits per heavy atom. The van der Waals surface area contributed by atoms with Gasteiger partial charge in [-0.3, -0.25) is 9.69 Å². The number of rotatable bonds is 15. The van der Waals surface area contributed by atoms with Crippen molar-refractivity contribution in [2.75, 3.05) is 13.2 Å². The first-order valence-corrected chi connectivity index (χ1v) is 14.1. The van der Waals surface area contributed by atoms with Crippen LogP contribution < -0.4 is 0 Å². The fourth-order valence-electron chi connectivity index (χ4n) is 4.08. The number of nitrogens with zero attached hydrogens (tertiary/aromatic N) is 1. The molecule has 0 spiro atoms. The zero-order valence-corrected chi connectivity index (χ0v) is 24.7. The van der Waals surface area contributed by atoms with Crippen molar-refractivity contribution >= 4 is 12.1 Å². The molecule has 0 aliphatic rings. The minimum Gasteiger partial charge on any atom is -0.353 e. The average molecular weight is 546 g/mol. The Kier molecular flexibility index (Phi) is 19.4. The first-order valence-electron chi connectivity index (χ1n) is 14.1. The third kappa shape index (κ3) is 15.3. The Morgan fingerprint density at radius 2 is 1.20 bits per heavy atom. The fraction of sp³-hybridized carbons (Fsp3) is 0.371. The van der Waals surface area contributed by atoms with Crippen molar-refractivity contribution in [1.29, 1.82) is 0 Å². The number of hydrogen-bond acceptors (Lipinski definition) is 5. The van der Waals surface area contributed by atoms with Gasteiger partial charge in [0, 0.05) is 39.1 Å². The number of carbonyl (C=O) groups is 2. The molecule has 216 valence electrons. The monoisotopic (exact) mass is 545 g/mol. The van der Waals surface area contributed by atoms with Crippen LogP contribution >= 0.6 is 0 Å². The van der Waals surface area contributed by atoms with Gasteiger partial charge in [0.1, 0.15) is 6.29 Å². The number of ketones is 1. The van der Waals surface area contributed by atoms with Gasteiger partial charge in [0.15, 0.2) is 12.1 Å². The standard InChI is InChI=1S/C26H27NO2.C6H14O2.C3H6/c28-18-10-17-26(29)25(19-22-11-4-1-5-12-22)27(20-23-13-6-2-7-14-23)21-24-15-8-3-9-16-24;1-4-7-6(3)8-5-2;1-3-2/h1-9,11-16,18,25H,10,17,19-21H2;6H,4-5H2,1-3H3;3H,1H2,2H3/t25-;;/m0../s1. The van der Waals surface area contributed by atoms with E-state index in [-0.39, 0.29) is 31.0 Å². The van der Waals surface area contributed by atoms with Gasteiger partial charge in [-0.1, -0.05) is 97.1 Å². The lowest BCUT2D eigenvalue weighted by molar-refractivity contribution is -0.126. The molecule has 0 unspecified atom stereocenters. The molecule has 0 aliphatic carbocycles. The molecule has 40 heavy (non-hydrogen) atoms. The molecule has 0 N–H and O–H groups in total. The normalized spacial score (nSPS) is 11.1. The molecule has 3 rings (SSSR count). The maximum atomic E-state index is 13.1. The van der Waals surface area contributed by atoms with Crippen molar-refractivity contribution in [3.63, 3.8) is 0 Å². The van der Waals surface area contributed by atoms with Crippen molar-refractivity contribution < 1.29 is 19.1 Å². The molecule has 1 atom stereocenters. The second-order valence-electron chi connectivity index (χ2n) is 9.14. The van der Waals surface area contributed by atoms with Crippen LogP contribution in [0.3, 0.4) is 0 Å². The van der Waals surface area contributed by atoms with Crippen LogP contribution in [-0.4, -0.2) is 42.5 Å². The Hall–Kier alpha value is -3.38. The highest BCUT2D eigenvalue weighted by molar-refractivity contribution is 5.85. The summed E-state index contributed by atoms with van der Waals surface area (Å²) in [5.74, 6) is 0.118. The summed E-state index contributed by atoms with van der Waals surface area (Å²) < 4.78 is 10.1. The summed E-state index contributed by atoms with van der Waals surface area (Å²) in [6, 6.07) is 30.3. The van der Waals surface area contributed by atoms with E-state index in [1.807, 2.05) is 82.3 Å². The second kappa shape index (κ2) is 22.4. The third-order valence-electron chi connectivity index (χ3n) is 5.85. The van der Waals surface area contributed by atoms with Crippen LogP contribution in [0.1, 0.15) is 57.2 Å². The molecule has 0 radical (unpaired) electrons. The Labute approximate surface area is 241 Å². The number of carbonyl (C=O) groups excluding carboxylic acids is 2. The minimum atomic E-state index is -0.280. The third-order valence-corrected chi connectivity index (χ3v) is 5.85. The zero-order chi connectivity index (χ0) is 29.4. The molecule has 0 amide bonds. The van der Waals surface area contributed by atoms with E-state index >= 15 is 0 Å². The molecule has 0 heterocycles. The molecule has 0 aromatic heterocycles. The molecule has 0 aliphatic heterocycles. The molecule has 5 heteroatoms. The van der Waals surface area contributed by atoms with Crippen LogP contribution in [0.2, 0.25) is 0 Å². The SMILES string of the molecule is C=CC.CCOC(C)OCC.O=CCCC(=O)[C@H](Cc1ccccc1)N(Cc1ccccc1)Cc1ccccc1. The number of aldehydes is 1. The highest BCUT2D eigenvalue weighted by Crippen LogP contribution is 2.19. The summed E-state index contributed by atoms with van der Waals surface area (Å²) in [5.41, 5.74) is 3.47. The Morgan fingerprint density at radius 3 is 1.57 bits per heavy atom. The molecule has 3 aromatic rings. The highest BCUT2D eigenvalue weighted by Gasteiger charge is 2.26. The number of Topliss-reactive ketones (excluding diaryl/α,β-unsaturated/α-hetero) is 1. The Bertz CT molecular complexity index is 993. The van der Waals surface area contributed by atoms with Gasteiger partial charge in [0.05, 0.1) is 6.04 Å². The van der Waals surface area contributed by atoms with E-state index in [1.54, 1.807) is 6.08 Å². The summed E-state index contributed by atoms with van der Waals surface area (Å²) in [7, 11) is 0. The molecule has 0 saturated heterocycles. The molecule has 0 saturated carbocycles. The van der Waals surface area contributed by atoms with E-state index in [9.17, 15) is 9.59 Å². The number of ether oxygens (including phenoxy) is 2. The van der Waals surface area contributed by atoms with Gasteiger partial charge >= 0.3 is 0 Å². The lowest BCUT2D eigenvalue weighted by atomic mass is 9.97. The first-order chi connectivity index (χ1) is 19.5. The van der Waals surface area contributed by atoms with E-state index in [2.05, 4.69) is 47.9 Å². The van der Waals surface area contributed by atoms with E-state index < -0.39 is 0 Å². The molecule has 0 bridgehead atoms. The van der Waals surface area contributed by atoms with Gasteiger partial charge in [-0.15, -0.1) is 6.58 Å². The number of allylic oxidation sites excluding steroid dienone is 1. The molecular weight excluding hydrogens is 498 g/mol.